The first-order valence-electron chi connectivity index (χ1n) is 9.83. The molecule has 1 nitrogen and oxygen atoms in total. The Hall–Kier alpha value is -1.50. The number of hydrogen-bond acceptors (Lipinski definition) is 1. The van der Waals surface area contributed by atoms with Crippen molar-refractivity contribution in [2.24, 2.45) is 11.8 Å². The van der Waals surface area contributed by atoms with E-state index >= 15 is 0 Å². The molecule has 0 atom stereocenters. The topological polar surface area (TPSA) is 12.9 Å². The van der Waals surface area contributed by atoms with E-state index in [0.29, 0.717) is 11.8 Å². The van der Waals surface area contributed by atoms with Crippen LogP contribution in [0.1, 0.15) is 49.9 Å². The number of aromatic nitrogens is 1. The van der Waals surface area contributed by atoms with Crippen molar-refractivity contribution in [2.75, 3.05) is 0 Å². The molecule has 27 heavy (non-hydrogen) atoms. The van der Waals surface area contributed by atoms with Gasteiger partial charge in [-0.1, -0.05) is 51.0 Å². The Labute approximate surface area is 178 Å². The van der Waals surface area contributed by atoms with Gasteiger partial charge in [-0.2, -0.15) is 0 Å². The van der Waals surface area contributed by atoms with E-state index in [-0.39, 0.29) is 20.1 Å². The molecule has 1 heterocycles. The van der Waals surface area contributed by atoms with Crippen LogP contribution in [0.5, 0.6) is 0 Å². The van der Waals surface area contributed by atoms with Gasteiger partial charge < -0.3 is 0 Å². The largest absolute Gasteiger partial charge is 0.248 e. The zero-order valence-electron chi connectivity index (χ0n) is 17.4. The van der Waals surface area contributed by atoms with Crippen LogP contribution in [-0.4, -0.2) is 4.98 Å². The predicted octanol–water partition coefficient (Wildman–Crippen LogP) is 6.91. The van der Waals surface area contributed by atoms with Crippen LogP contribution in [0.4, 0.5) is 0 Å². The molecule has 0 bridgehead atoms. The van der Waals surface area contributed by atoms with Crippen molar-refractivity contribution in [3.8, 4) is 11.3 Å². The summed E-state index contributed by atoms with van der Waals surface area (Å²) in [6, 6.07) is 15.8. The molecule has 1 radical (unpaired) electrons. The van der Waals surface area contributed by atoms with Gasteiger partial charge in [-0.25, -0.2) is 4.98 Å². The van der Waals surface area contributed by atoms with Crippen molar-refractivity contribution in [1.82, 2.24) is 4.98 Å². The van der Waals surface area contributed by atoms with Crippen molar-refractivity contribution in [3.05, 3.63) is 64.7 Å². The quantitative estimate of drug-likeness (QED) is 0.345. The first kappa shape index (κ1) is 21.8. The van der Waals surface area contributed by atoms with Gasteiger partial charge in [0.05, 0.1) is 11.2 Å². The third-order valence-corrected chi connectivity index (χ3v) is 4.78. The summed E-state index contributed by atoms with van der Waals surface area (Å²) in [5, 5.41) is 1.25. The Bertz CT molecular complexity index is 905. The first-order valence-corrected chi connectivity index (χ1v) is 9.83. The Morgan fingerprint density at radius 1 is 0.741 bits per heavy atom. The standard InChI is InChI=1S/C25H31N.Ir/c1-16(2)9-21-14-20-7-8-24(23-12-18(5)11-19(6)13-23)26-25(20)15-22(21)10-17(3)4;/h7-8,11-17H,9-10H2,1-6H3;. The van der Waals surface area contributed by atoms with Gasteiger partial charge >= 0.3 is 0 Å². The van der Waals surface area contributed by atoms with Crippen LogP contribution < -0.4 is 0 Å². The Morgan fingerprint density at radius 3 is 1.85 bits per heavy atom. The first-order chi connectivity index (χ1) is 12.3. The third-order valence-electron chi connectivity index (χ3n) is 4.78. The molecule has 0 saturated carbocycles. The molecule has 2 aromatic carbocycles. The molecule has 0 aliphatic heterocycles. The minimum absolute atomic E-state index is 0. The summed E-state index contributed by atoms with van der Waals surface area (Å²) in [4.78, 5) is 5.02. The van der Waals surface area contributed by atoms with Crippen LogP contribution in [-0.2, 0) is 32.9 Å². The second-order valence-corrected chi connectivity index (χ2v) is 8.58. The number of hydrogen-bond donors (Lipinski definition) is 0. The van der Waals surface area contributed by atoms with Gasteiger partial charge in [-0.3, -0.25) is 0 Å². The van der Waals surface area contributed by atoms with E-state index in [1.54, 1.807) is 0 Å². The smallest absolute Gasteiger partial charge is 0.0712 e. The molecule has 1 aromatic heterocycles. The van der Waals surface area contributed by atoms with Gasteiger partial charge in [0, 0.05) is 31.1 Å². The number of pyridine rings is 1. The van der Waals surface area contributed by atoms with E-state index in [1.807, 2.05) is 0 Å². The molecule has 3 aromatic rings. The van der Waals surface area contributed by atoms with Crippen molar-refractivity contribution >= 4 is 10.9 Å². The van der Waals surface area contributed by atoms with Crippen LogP contribution in [0.3, 0.4) is 0 Å². The molecule has 0 aliphatic rings. The summed E-state index contributed by atoms with van der Waals surface area (Å²) in [6.45, 7) is 13.5. The van der Waals surface area contributed by atoms with E-state index in [1.165, 1.54) is 33.2 Å². The van der Waals surface area contributed by atoms with E-state index in [2.05, 4.69) is 84.0 Å². The Morgan fingerprint density at radius 2 is 1.30 bits per heavy atom. The maximum absolute atomic E-state index is 5.02. The number of nitrogens with zero attached hydrogens (tertiary/aromatic N) is 1. The van der Waals surface area contributed by atoms with E-state index < -0.39 is 0 Å². The molecule has 0 saturated heterocycles. The summed E-state index contributed by atoms with van der Waals surface area (Å²) in [7, 11) is 0. The minimum Gasteiger partial charge on any atom is -0.248 e. The molecule has 3 rings (SSSR count). The molecule has 0 aliphatic carbocycles. The molecule has 0 N–H and O–H groups in total. The van der Waals surface area contributed by atoms with Crippen molar-refractivity contribution in [3.63, 3.8) is 0 Å². The van der Waals surface area contributed by atoms with Gasteiger partial charge in [0.15, 0.2) is 0 Å². The number of rotatable bonds is 5. The van der Waals surface area contributed by atoms with E-state index in [0.717, 1.165) is 24.1 Å². The van der Waals surface area contributed by atoms with E-state index in [4.69, 9.17) is 4.98 Å². The Balaban J connectivity index is 0.00000261. The van der Waals surface area contributed by atoms with Crippen molar-refractivity contribution in [1.29, 1.82) is 0 Å². The van der Waals surface area contributed by atoms with Gasteiger partial charge in [0.1, 0.15) is 0 Å². The molecule has 0 spiro atoms. The van der Waals surface area contributed by atoms with Gasteiger partial charge in [-0.05, 0) is 80.0 Å². The zero-order chi connectivity index (χ0) is 18.8. The normalized spacial score (nSPS) is 11.3. The number of aryl methyl sites for hydroxylation is 2. The fourth-order valence-corrected chi connectivity index (χ4v) is 3.80. The Kier molecular flexibility index (Phi) is 7.37. The van der Waals surface area contributed by atoms with Gasteiger partial charge in [0.2, 0.25) is 0 Å². The minimum atomic E-state index is 0. The monoisotopic (exact) mass is 538 g/mol. The second-order valence-electron chi connectivity index (χ2n) is 8.58. The van der Waals surface area contributed by atoms with Crippen LogP contribution in [0, 0.1) is 25.7 Å². The third kappa shape index (κ3) is 5.50. The SMILES string of the molecule is Cc1cc(C)cc(-c2ccc3cc(CC(C)C)c(CC(C)C)cc3n2)c1.[Ir]. The fourth-order valence-electron chi connectivity index (χ4n) is 3.80. The molecular formula is C25H31IrN. The average Bonchev–Trinajstić information content (AvgIpc) is 2.53. The maximum Gasteiger partial charge on any atom is 0.0712 e. The molecule has 0 unspecified atom stereocenters. The fraction of sp³-hybridized carbons (Fsp3) is 0.400. The zero-order valence-corrected chi connectivity index (χ0v) is 19.8. The molecule has 0 amide bonds. The van der Waals surface area contributed by atoms with Crippen LogP contribution in [0.15, 0.2) is 42.5 Å². The van der Waals surface area contributed by atoms with Crippen molar-refractivity contribution < 1.29 is 20.1 Å². The van der Waals surface area contributed by atoms with Crippen LogP contribution >= 0.6 is 0 Å². The summed E-state index contributed by atoms with van der Waals surface area (Å²) >= 11 is 0. The summed E-state index contributed by atoms with van der Waals surface area (Å²) in [5.74, 6) is 1.32. The second kappa shape index (κ2) is 9.13. The number of fused-ring (bicyclic) bond motifs is 1. The molecule has 2 heteroatoms. The molecule has 0 fully saturated rings. The van der Waals surface area contributed by atoms with Crippen LogP contribution in [0.25, 0.3) is 22.2 Å². The van der Waals surface area contributed by atoms with Crippen LogP contribution in [0.2, 0.25) is 0 Å². The summed E-state index contributed by atoms with van der Waals surface area (Å²) in [6.07, 6.45) is 2.25. The van der Waals surface area contributed by atoms with Gasteiger partial charge in [-0.15, -0.1) is 0 Å². The molecular weight excluding hydrogens is 506 g/mol. The predicted molar refractivity (Wildman–Crippen MR) is 114 cm³/mol. The molecule has 145 valence electrons. The van der Waals surface area contributed by atoms with Gasteiger partial charge in [0.25, 0.3) is 0 Å². The summed E-state index contributed by atoms with van der Waals surface area (Å²) in [5.41, 5.74) is 8.92. The van der Waals surface area contributed by atoms with E-state index in [9.17, 15) is 0 Å². The maximum atomic E-state index is 5.02. The summed E-state index contributed by atoms with van der Waals surface area (Å²) < 4.78 is 0. The average molecular weight is 538 g/mol. The van der Waals surface area contributed by atoms with Crippen molar-refractivity contribution in [2.45, 2.75) is 54.4 Å². The number of benzene rings is 2.